The molecule has 0 bridgehead atoms. The molecule has 0 amide bonds. The molecule has 1 N–H and O–H groups in total. The molecule has 0 radical (unpaired) electrons. The fourth-order valence-electron chi connectivity index (χ4n) is 1.34. The molecule has 1 atom stereocenters. The van der Waals surface area contributed by atoms with E-state index in [0.29, 0.717) is 5.41 Å². The number of hydrogen-bond acceptors (Lipinski definition) is 3. The third kappa shape index (κ3) is 4.24. The topological polar surface area (TPSA) is 46.2 Å². The first-order valence-corrected chi connectivity index (χ1v) is 6.64. The maximum absolute atomic E-state index is 11.1. The molecular weight excluding hydrogens is 198 g/mol. The summed E-state index contributed by atoms with van der Waals surface area (Å²) in [4.78, 5) is 0. The van der Waals surface area contributed by atoms with Gasteiger partial charge in [0.15, 0.2) is 9.84 Å². The van der Waals surface area contributed by atoms with Crippen LogP contribution in [0.2, 0.25) is 0 Å². The van der Waals surface area contributed by atoms with E-state index in [-0.39, 0.29) is 11.8 Å². The predicted molar refractivity (Wildman–Crippen MR) is 58.8 cm³/mol. The zero-order valence-electron chi connectivity index (χ0n) is 9.08. The van der Waals surface area contributed by atoms with Crippen LogP contribution < -0.4 is 5.32 Å². The molecule has 0 aromatic carbocycles. The van der Waals surface area contributed by atoms with Gasteiger partial charge in [-0.25, -0.2) is 8.42 Å². The Morgan fingerprint density at radius 1 is 1.43 bits per heavy atom. The normalized spacial score (nSPS) is 25.5. The van der Waals surface area contributed by atoms with Crippen LogP contribution in [0.1, 0.15) is 27.2 Å². The zero-order chi connectivity index (χ0) is 10.8. The molecule has 1 unspecified atom stereocenters. The van der Waals surface area contributed by atoms with Crippen molar-refractivity contribution in [3.8, 4) is 0 Å². The van der Waals surface area contributed by atoms with Crippen LogP contribution in [0.4, 0.5) is 0 Å². The number of nitrogens with one attached hydrogen (secondary N) is 1. The molecule has 0 saturated carbocycles. The van der Waals surface area contributed by atoms with Crippen molar-refractivity contribution in [2.75, 3.05) is 12.3 Å². The van der Waals surface area contributed by atoms with Crippen molar-refractivity contribution in [2.24, 2.45) is 5.41 Å². The number of hydrogen-bond donors (Lipinski definition) is 1. The Bertz CT molecular complexity index is 312. The first-order valence-electron chi connectivity index (χ1n) is 4.93. The summed E-state index contributed by atoms with van der Waals surface area (Å²) in [6.45, 7) is 7.40. The van der Waals surface area contributed by atoms with E-state index in [9.17, 15) is 8.42 Å². The highest BCUT2D eigenvalue weighted by Crippen LogP contribution is 2.17. The van der Waals surface area contributed by atoms with Gasteiger partial charge in [-0.2, -0.15) is 0 Å². The molecule has 0 spiro atoms. The highest BCUT2D eigenvalue weighted by Gasteiger charge is 2.21. The van der Waals surface area contributed by atoms with Crippen molar-refractivity contribution in [1.29, 1.82) is 0 Å². The van der Waals surface area contributed by atoms with Crippen molar-refractivity contribution < 1.29 is 8.42 Å². The molecule has 0 saturated heterocycles. The monoisotopic (exact) mass is 217 g/mol. The molecular formula is C10H19NO2S. The van der Waals surface area contributed by atoms with Gasteiger partial charge in [0, 0.05) is 11.4 Å². The molecule has 82 valence electrons. The summed E-state index contributed by atoms with van der Waals surface area (Å²) in [6, 6.07) is 0.0161. The molecule has 0 aliphatic carbocycles. The Kier molecular flexibility index (Phi) is 3.37. The Morgan fingerprint density at radius 3 is 2.50 bits per heavy atom. The van der Waals surface area contributed by atoms with Crippen LogP contribution in [0.3, 0.4) is 0 Å². The quantitative estimate of drug-likeness (QED) is 0.775. The molecule has 0 fully saturated rings. The molecule has 1 heterocycles. The summed E-state index contributed by atoms with van der Waals surface area (Å²) in [5, 5.41) is 4.54. The first-order chi connectivity index (χ1) is 6.29. The fourth-order valence-corrected chi connectivity index (χ4v) is 2.61. The van der Waals surface area contributed by atoms with Crippen LogP contribution in [0.5, 0.6) is 0 Å². The van der Waals surface area contributed by atoms with Crippen LogP contribution in [-0.4, -0.2) is 26.8 Å². The van der Waals surface area contributed by atoms with Crippen LogP contribution in [-0.2, 0) is 9.84 Å². The molecule has 4 heteroatoms. The largest absolute Gasteiger partial charge is 0.310 e. The molecule has 1 rings (SSSR count). The highest BCUT2D eigenvalue weighted by atomic mass is 32.2. The molecule has 1 aliphatic rings. The van der Waals surface area contributed by atoms with Gasteiger partial charge < -0.3 is 5.32 Å². The van der Waals surface area contributed by atoms with Crippen molar-refractivity contribution in [3.05, 3.63) is 11.5 Å². The van der Waals surface area contributed by atoms with Crippen LogP contribution in [0.15, 0.2) is 11.5 Å². The average Bonchev–Trinajstić information content (AvgIpc) is 2.27. The summed E-state index contributed by atoms with van der Waals surface area (Å²) in [5.41, 5.74) is 0.300. The lowest BCUT2D eigenvalue weighted by molar-refractivity contribution is 0.364. The third-order valence-electron chi connectivity index (χ3n) is 2.21. The smallest absolute Gasteiger partial charge is 0.173 e. The maximum Gasteiger partial charge on any atom is 0.173 e. The lowest BCUT2D eigenvalue weighted by atomic mass is 9.92. The molecule has 1 aliphatic heterocycles. The van der Waals surface area contributed by atoms with E-state index in [0.717, 1.165) is 13.0 Å². The van der Waals surface area contributed by atoms with Gasteiger partial charge in [0.25, 0.3) is 0 Å². The molecule has 0 aromatic rings. The van der Waals surface area contributed by atoms with Gasteiger partial charge in [-0.3, -0.25) is 0 Å². The van der Waals surface area contributed by atoms with E-state index in [1.54, 1.807) is 6.08 Å². The van der Waals surface area contributed by atoms with Crippen molar-refractivity contribution in [2.45, 2.75) is 33.2 Å². The Balaban J connectivity index is 2.26. The van der Waals surface area contributed by atoms with Gasteiger partial charge in [0.2, 0.25) is 0 Å². The zero-order valence-corrected chi connectivity index (χ0v) is 9.89. The van der Waals surface area contributed by atoms with Crippen LogP contribution in [0, 0.1) is 5.41 Å². The third-order valence-corrected chi connectivity index (χ3v) is 3.61. The predicted octanol–water partition coefficient (Wildman–Crippen LogP) is 1.32. The molecule has 0 aromatic heterocycles. The Morgan fingerprint density at radius 2 is 2.07 bits per heavy atom. The Labute approximate surface area is 86.5 Å². The van der Waals surface area contributed by atoms with Crippen LogP contribution in [0.25, 0.3) is 0 Å². The minimum atomic E-state index is -2.90. The van der Waals surface area contributed by atoms with Gasteiger partial charge in [-0.05, 0) is 18.4 Å². The summed E-state index contributed by atoms with van der Waals surface area (Å²) in [7, 11) is -2.90. The second kappa shape index (κ2) is 4.03. The van der Waals surface area contributed by atoms with Gasteiger partial charge in [-0.15, -0.1) is 0 Å². The van der Waals surface area contributed by atoms with Gasteiger partial charge in [-0.1, -0.05) is 26.8 Å². The van der Waals surface area contributed by atoms with Crippen LogP contribution >= 0.6 is 0 Å². The summed E-state index contributed by atoms with van der Waals surface area (Å²) >= 11 is 0. The highest BCUT2D eigenvalue weighted by molar-refractivity contribution is 7.94. The van der Waals surface area contributed by atoms with Gasteiger partial charge >= 0.3 is 0 Å². The average molecular weight is 217 g/mol. The van der Waals surface area contributed by atoms with E-state index < -0.39 is 9.84 Å². The minimum Gasteiger partial charge on any atom is -0.310 e. The van der Waals surface area contributed by atoms with E-state index in [1.807, 2.05) is 0 Å². The lowest BCUT2D eigenvalue weighted by Crippen LogP contribution is -2.32. The second-order valence-electron chi connectivity index (χ2n) is 5.03. The van der Waals surface area contributed by atoms with E-state index in [4.69, 9.17) is 0 Å². The molecule has 14 heavy (non-hydrogen) atoms. The minimum absolute atomic E-state index is 0.0161. The summed E-state index contributed by atoms with van der Waals surface area (Å²) < 4.78 is 22.1. The van der Waals surface area contributed by atoms with E-state index in [1.165, 1.54) is 5.41 Å². The van der Waals surface area contributed by atoms with Crippen molar-refractivity contribution in [3.63, 3.8) is 0 Å². The molecule has 3 nitrogen and oxygen atoms in total. The first kappa shape index (κ1) is 11.7. The van der Waals surface area contributed by atoms with E-state index in [2.05, 4.69) is 26.1 Å². The second-order valence-corrected chi connectivity index (χ2v) is 6.96. The van der Waals surface area contributed by atoms with Crippen molar-refractivity contribution in [1.82, 2.24) is 5.32 Å². The van der Waals surface area contributed by atoms with Crippen molar-refractivity contribution >= 4 is 9.84 Å². The SMILES string of the molecule is CC(C)(C)CCNC1C=CS(=O)(=O)C1. The maximum atomic E-state index is 11.1. The summed E-state index contributed by atoms with van der Waals surface area (Å²) in [6.07, 6.45) is 2.79. The lowest BCUT2D eigenvalue weighted by Gasteiger charge is -2.19. The number of rotatable bonds is 3. The van der Waals surface area contributed by atoms with Gasteiger partial charge in [0.05, 0.1) is 5.75 Å². The van der Waals surface area contributed by atoms with Gasteiger partial charge in [0.1, 0.15) is 0 Å². The number of sulfone groups is 1. The summed E-state index contributed by atoms with van der Waals surface area (Å²) in [5.74, 6) is 0.219. The standard InChI is InChI=1S/C10H19NO2S/c1-10(2,3)5-6-11-9-4-7-14(12,13)8-9/h4,7,9,11H,5-6,8H2,1-3H3. The Hall–Kier alpha value is -0.350. The van der Waals surface area contributed by atoms with E-state index >= 15 is 0 Å². The fraction of sp³-hybridized carbons (Fsp3) is 0.800.